The molecule has 0 radical (unpaired) electrons. The van der Waals surface area contributed by atoms with Crippen LogP contribution in [0.25, 0.3) is 0 Å². The van der Waals surface area contributed by atoms with Crippen LogP contribution in [0.15, 0.2) is 18.3 Å². The minimum Gasteiger partial charge on any atom is -0.477 e. The van der Waals surface area contributed by atoms with Gasteiger partial charge in [-0.1, -0.05) is 12.8 Å². The standard InChI is InChI=1S/C12H14N2O3/c15-11(8-3-1-2-4-8)14-9-5-6-10(12(16)17)13-7-9/h5-8H,1-4H2,(H,14,15)(H,16,17). The summed E-state index contributed by atoms with van der Waals surface area (Å²) >= 11 is 0. The number of amides is 1. The quantitative estimate of drug-likeness (QED) is 0.837. The van der Waals surface area contributed by atoms with Crippen LogP contribution in [0.2, 0.25) is 0 Å². The van der Waals surface area contributed by atoms with Crippen molar-refractivity contribution >= 4 is 17.6 Å². The number of carboxylic acids is 1. The number of aromatic carboxylic acids is 1. The molecule has 1 aromatic heterocycles. The van der Waals surface area contributed by atoms with Crippen LogP contribution >= 0.6 is 0 Å². The molecule has 0 spiro atoms. The Hall–Kier alpha value is -1.91. The molecule has 2 rings (SSSR count). The number of pyridine rings is 1. The molecule has 0 saturated heterocycles. The topological polar surface area (TPSA) is 79.3 Å². The average Bonchev–Trinajstić information content (AvgIpc) is 2.83. The van der Waals surface area contributed by atoms with Gasteiger partial charge in [0.2, 0.25) is 5.91 Å². The summed E-state index contributed by atoms with van der Waals surface area (Å²) < 4.78 is 0. The van der Waals surface area contributed by atoms with Crippen molar-refractivity contribution in [2.75, 3.05) is 5.32 Å². The molecule has 1 aromatic rings. The van der Waals surface area contributed by atoms with E-state index in [0.717, 1.165) is 25.7 Å². The van der Waals surface area contributed by atoms with Gasteiger partial charge in [-0.15, -0.1) is 0 Å². The number of aromatic nitrogens is 1. The third kappa shape index (κ3) is 2.81. The molecule has 90 valence electrons. The Morgan fingerprint density at radius 1 is 1.29 bits per heavy atom. The van der Waals surface area contributed by atoms with Crippen molar-refractivity contribution in [3.8, 4) is 0 Å². The lowest BCUT2D eigenvalue weighted by Gasteiger charge is -2.09. The molecule has 5 heteroatoms. The third-order valence-electron chi connectivity index (χ3n) is 2.98. The number of carboxylic acid groups (broad SMARTS) is 1. The fourth-order valence-electron chi connectivity index (χ4n) is 2.03. The molecule has 0 aliphatic heterocycles. The Kier molecular flexibility index (Phi) is 3.37. The van der Waals surface area contributed by atoms with Gasteiger partial charge in [0.15, 0.2) is 0 Å². The summed E-state index contributed by atoms with van der Waals surface area (Å²) in [6, 6.07) is 2.94. The van der Waals surface area contributed by atoms with Gasteiger partial charge in [0.1, 0.15) is 5.69 Å². The van der Waals surface area contributed by atoms with Gasteiger partial charge in [-0.05, 0) is 25.0 Å². The molecule has 17 heavy (non-hydrogen) atoms. The van der Waals surface area contributed by atoms with E-state index in [-0.39, 0.29) is 17.5 Å². The van der Waals surface area contributed by atoms with E-state index in [0.29, 0.717) is 5.69 Å². The van der Waals surface area contributed by atoms with Gasteiger partial charge in [-0.3, -0.25) is 4.79 Å². The summed E-state index contributed by atoms with van der Waals surface area (Å²) in [5.74, 6) is -0.972. The van der Waals surface area contributed by atoms with Crippen LogP contribution in [0.4, 0.5) is 5.69 Å². The molecule has 0 atom stereocenters. The van der Waals surface area contributed by atoms with Gasteiger partial charge < -0.3 is 10.4 Å². The van der Waals surface area contributed by atoms with Gasteiger partial charge in [0.25, 0.3) is 0 Å². The maximum Gasteiger partial charge on any atom is 0.354 e. The van der Waals surface area contributed by atoms with Gasteiger partial charge in [-0.25, -0.2) is 9.78 Å². The molecule has 0 aromatic carbocycles. The van der Waals surface area contributed by atoms with Crippen LogP contribution < -0.4 is 5.32 Å². The van der Waals surface area contributed by atoms with Crippen LogP contribution in [-0.4, -0.2) is 22.0 Å². The molecule has 5 nitrogen and oxygen atoms in total. The molecular weight excluding hydrogens is 220 g/mol. The van der Waals surface area contributed by atoms with Gasteiger partial charge in [-0.2, -0.15) is 0 Å². The number of hydrogen-bond acceptors (Lipinski definition) is 3. The lowest BCUT2D eigenvalue weighted by atomic mass is 10.1. The number of carbonyl (C=O) groups is 2. The largest absolute Gasteiger partial charge is 0.477 e. The van der Waals surface area contributed by atoms with Crippen LogP contribution in [0.1, 0.15) is 36.2 Å². The third-order valence-corrected chi connectivity index (χ3v) is 2.98. The van der Waals surface area contributed by atoms with Crippen LogP contribution in [0, 0.1) is 5.92 Å². The second-order valence-electron chi connectivity index (χ2n) is 4.21. The highest BCUT2D eigenvalue weighted by atomic mass is 16.4. The van der Waals surface area contributed by atoms with Gasteiger partial charge in [0.05, 0.1) is 11.9 Å². The molecule has 1 amide bonds. The van der Waals surface area contributed by atoms with Crippen molar-refractivity contribution in [1.82, 2.24) is 4.98 Å². The Labute approximate surface area is 98.9 Å². The average molecular weight is 234 g/mol. The first-order chi connectivity index (χ1) is 8.16. The SMILES string of the molecule is O=C(O)c1ccc(NC(=O)C2CCCC2)cn1. The number of anilines is 1. The summed E-state index contributed by atoms with van der Waals surface area (Å²) in [5.41, 5.74) is 0.524. The second-order valence-corrected chi connectivity index (χ2v) is 4.21. The zero-order valence-electron chi connectivity index (χ0n) is 9.35. The van der Waals surface area contributed by atoms with E-state index in [2.05, 4.69) is 10.3 Å². The highest BCUT2D eigenvalue weighted by Gasteiger charge is 2.22. The zero-order chi connectivity index (χ0) is 12.3. The predicted molar refractivity (Wildman–Crippen MR) is 61.8 cm³/mol. The van der Waals surface area contributed by atoms with Crippen molar-refractivity contribution in [2.24, 2.45) is 5.92 Å². The van der Waals surface area contributed by atoms with E-state index < -0.39 is 5.97 Å². The van der Waals surface area contributed by atoms with Crippen molar-refractivity contribution in [3.05, 3.63) is 24.0 Å². The summed E-state index contributed by atoms with van der Waals surface area (Å²) in [6.07, 6.45) is 5.46. The van der Waals surface area contributed by atoms with E-state index in [1.807, 2.05) is 0 Å². The smallest absolute Gasteiger partial charge is 0.354 e. The number of hydrogen-bond donors (Lipinski definition) is 2. The Morgan fingerprint density at radius 2 is 2.00 bits per heavy atom. The fraction of sp³-hybridized carbons (Fsp3) is 0.417. The first kappa shape index (κ1) is 11.6. The minimum atomic E-state index is -1.07. The van der Waals surface area contributed by atoms with Crippen LogP contribution in [0.5, 0.6) is 0 Å². The molecule has 1 heterocycles. The van der Waals surface area contributed by atoms with Crippen molar-refractivity contribution in [3.63, 3.8) is 0 Å². The van der Waals surface area contributed by atoms with Crippen LogP contribution in [0.3, 0.4) is 0 Å². The number of nitrogens with one attached hydrogen (secondary N) is 1. The molecule has 2 N–H and O–H groups in total. The highest BCUT2D eigenvalue weighted by Crippen LogP contribution is 2.25. The number of nitrogens with zero attached hydrogens (tertiary/aromatic N) is 1. The number of rotatable bonds is 3. The molecule has 0 bridgehead atoms. The zero-order valence-corrected chi connectivity index (χ0v) is 9.35. The lowest BCUT2D eigenvalue weighted by molar-refractivity contribution is -0.119. The van der Waals surface area contributed by atoms with Crippen LogP contribution in [-0.2, 0) is 4.79 Å². The van der Waals surface area contributed by atoms with Crippen molar-refractivity contribution in [1.29, 1.82) is 0 Å². The second kappa shape index (κ2) is 4.95. The summed E-state index contributed by atoms with van der Waals surface area (Å²) in [6.45, 7) is 0. The maximum atomic E-state index is 11.8. The monoisotopic (exact) mass is 234 g/mol. The molecule has 1 aliphatic carbocycles. The Morgan fingerprint density at radius 3 is 2.53 bits per heavy atom. The lowest BCUT2D eigenvalue weighted by Crippen LogP contribution is -2.20. The normalized spacial score (nSPS) is 15.8. The van der Waals surface area contributed by atoms with E-state index in [1.165, 1.54) is 12.3 Å². The van der Waals surface area contributed by atoms with Gasteiger partial charge in [0, 0.05) is 5.92 Å². The molecule has 1 fully saturated rings. The van der Waals surface area contributed by atoms with Crippen molar-refractivity contribution in [2.45, 2.75) is 25.7 Å². The molecule has 0 unspecified atom stereocenters. The van der Waals surface area contributed by atoms with E-state index >= 15 is 0 Å². The highest BCUT2D eigenvalue weighted by molar-refractivity contribution is 5.93. The molecule has 1 saturated carbocycles. The molecular formula is C12H14N2O3. The van der Waals surface area contributed by atoms with E-state index in [9.17, 15) is 9.59 Å². The Balaban J connectivity index is 1.98. The summed E-state index contributed by atoms with van der Waals surface area (Å²) in [7, 11) is 0. The predicted octanol–water partition coefficient (Wildman–Crippen LogP) is 1.91. The summed E-state index contributed by atoms with van der Waals surface area (Å²) in [4.78, 5) is 26.1. The maximum absolute atomic E-state index is 11.8. The fourth-order valence-corrected chi connectivity index (χ4v) is 2.03. The van der Waals surface area contributed by atoms with E-state index in [4.69, 9.17) is 5.11 Å². The number of carbonyl (C=O) groups excluding carboxylic acids is 1. The first-order valence-corrected chi connectivity index (χ1v) is 5.67. The van der Waals surface area contributed by atoms with Gasteiger partial charge >= 0.3 is 5.97 Å². The summed E-state index contributed by atoms with van der Waals surface area (Å²) in [5, 5.41) is 11.4. The van der Waals surface area contributed by atoms with E-state index in [1.54, 1.807) is 6.07 Å². The first-order valence-electron chi connectivity index (χ1n) is 5.67. The Bertz CT molecular complexity index is 422. The van der Waals surface area contributed by atoms with Crippen molar-refractivity contribution < 1.29 is 14.7 Å². The minimum absolute atomic E-state index is 0.00683. The molecule has 1 aliphatic rings.